The van der Waals surface area contributed by atoms with Gasteiger partial charge in [-0.1, -0.05) is 25.0 Å². The van der Waals surface area contributed by atoms with Gasteiger partial charge >= 0.3 is 5.97 Å². The molecular formula is C18H22N2O4. The molecule has 2 N–H and O–H groups in total. The van der Waals surface area contributed by atoms with Crippen molar-refractivity contribution in [2.75, 3.05) is 6.54 Å². The second-order valence-corrected chi connectivity index (χ2v) is 6.61. The van der Waals surface area contributed by atoms with Crippen molar-refractivity contribution in [2.24, 2.45) is 5.92 Å². The molecule has 0 aromatic heterocycles. The summed E-state index contributed by atoms with van der Waals surface area (Å²) in [5.41, 5.74) is 1.06. The first-order chi connectivity index (χ1) is 11.5. The van der Waals surface area contributed by atoms with Crippen LogP contribution in [0.3, 0.4) is 0 Å². The molecule has 1 aromatic rings. The van der Waals surface area contributed by atoms with Crippen LogP contribution in [0.25, 0.3) is 0 Å². The van der Waals surface area contributed by atoms with Gasteiger partial charge in [0.2, 0.25) is 11.8 Å². The van der Waals surface area contributed by atoms with Gasteiger partial charge in [0.25, 0.3) is 0 Å². The van der Waals surface area contributed by atoms with Gasteiger partial charge in [-0.2, -0.15) is 0 Å². The number of benzene rings is 1. The van der Waals surface area contributed by atoms with E-state index in [0.717, 1.165) is 31.2 Å². The molecule has 6 nitrogen and oxygen atoms in total. The Morgan fingerprint density at radius 1 is 1.17 bits per heavy atom. The van der Waals surface area contributed by atoms with E-state index in [4.69, 9.17) is 5.11 Å². The number of carbonyl (C=O) groups excluding carboxylic acids is 2. The molecule has 0 spiro atoms. The third kappa shape index (κ3) is 3.58. The van der Waals surface area contributed by atoms with E-state index in [0.29, 0.717) is 25.6 Å². The fourth-order valence-corrected chi connectivity index (χ4v) is 3.57. The molecule has 128 valence electrons. The molecule has 1 aromatic carbocycles. The second-order valence-electron chi connectivity index (χ2n) is 6.61. The summed E-state index contributed by atoms with van der Waals surface area (Å²) in [5, 5.41) is 11.7. The van der Waals surface area contributed by atoms with Crippen LogP contribution >= 0.6 is 0 Å². The van der Waals surface area contributed by atoms with Gasteiger partial charge in [0.1, 0.15) is 0 Å². The summed E-state index contributed by atoms with van der Waals surface area (Å²) < 4.78 is 0. The van der Waals surface area contributed by atoms with Crippen molar-refractivity contribution in [3.8, 4) is 0 Å². The SMILES string of the molecule is O=C(O)c1ccc(CNC(=O)[C@@H]2CC(=O)N(C3CCCC3)C2)cc1. The Balaban J connectivity index is 1.52. The molecular weight excluding hydrogens is 308 g/mol. The smallest absolute Gasteiger partial charge is 0.335 e. The van der Waals surface area contributed by atoms with Gasteiger partial charge in [-0.05, 0) is 30.5 Å². The van der Waals surface area contributed by atoms with Gasteiger partial charge < -0.3 is 15.3 Å². The van der Waals surface area contributed by atoms with E-state index in [9.17, 15) is 14.4 Å². The van der Waals surface area contributed by atoms with Crippen LogP contribution in [0.5, 0.6) is 0 Å². The lowest BCUT2D eigenvalue weighted by Gasteiger charge is -2.23. The van der Waals surface area contributed by atoms with E-state index in [1.54, 1.807) is 12.1 Å². The van der Waals surface area contributed by atoms with E-state index in [2.05, 4.69) is 5.32 Å². The van der Waals surface area contributed by atoms with Crippen molar-refractivity contribution < 1.29 is 19.5 Å². The van der Waals surface area contributed by atoms with Crippen LogP contribution < -0.4 is 5.32 Å². The number of rotatable bonds is 5. The Kier molecular flexibility index (Phi) is 4.83. The summed E-state index contributed by atoms with van der Waals surface area (Å²) in [6.45, 7) is 0.861. The van der Waals surface area contributed by atoms with Gasteiger partial charge in [0, 0.05) is 25.6 Å². The zero-order valence-corrected chi connectivity index (χ0v) is 13.5. The maximum absolute atomic E-state index is 12.3. The predicted octanol–water partition coefficient (Wildman–Crippen LogP) is 1.79. The van der Waals surface area contributed by atoms with Gasteiger partial charge in [0.05, 0.1) is 11.5 Å². The normalized spacial score (nSPS) is 21.2. The molecule has 0 unspecified atom stereocenters. The maximum atomic E-state index is 12.3. The molecule has 1 saturated heterocycles. The summed E-state index contributed by atoms with van der Waals surface area (Å²) >= 11 is 0. The standard InChI is InChI=1S/C18H22N2O4/c21-16-9-14(11-20(16)15-3-1-2-4-15)17(22)19-10-12-5-7-13(8-6-12)18(23)24/h5-8,14-15H,1-4,9-11H2,(H,19,22)(H,23,24)/t14-/m1/s1. The first-order valence-electron chi connectivity index (χ1n) is 8.44. The number of carboxylic acid groups (broad SMARTS) is 1. The summed E-state index contributed by atoms with van der Waals surface area (Å²) in [6.07, 6.45) is 4.72. The third-order valence-corrected chi connectivity index (χ3v) is 4.96. The van der Waals surface area contributed by atoms with Gasteiger partial charge in [-0.15, -0.1) is 0 Å². The Morgan fingerprint density at radius 3 is 2.46 bits per heavy atom. The fourth-order valence-electron chi connectivity index (χ4n) is 3.57. The first-order valence-corrected chi connectivity index (χ1v) is 8.44. The Morgan fingerprint density at radius 2 is 1.83 bits per heavy atom. The van der Waals surface area contributed by atoms with Gasteiger partial charge in [0.15, 0.2) is 0 Å². The molecule has 1 heterocycles. The van der Waals surface area contributed by atoms with Crippen LogP contribution in [0.15, 0.2) is 24.3 Å². The number of hydrogen-bond donors (Lipinski definition) is 2. The zero-order valence-electron chi connectivity index (χ0n) is 13.5. The highest BCUT2D eigenvalue weighted by molar-refractivity contribution is 5.89. The number of carbonyl (C=O) groups is 3. The second kappa shape index (κ2) is 7.03. The number of carboxylic acids is 1. The molecule has 0 bridgehead atoms. The number of likely N-dealkylation sites (tertiary alicyclic amines) is 1. The number of nitrogens with one attached hydrogen (secondary N) is 1. The van der Waals surface area contributed by atoms with Crippen LogP contribution in [0.1, 0.15) is 48.0 Å². The van der Waals surface area contributed by atoms with Crippen molar-refractivity contribution in [3.63, 3.8) is 0 Å². The lowest BCUT2D eigenvalue weighted by atomic mass is 10.1. The molecule has 0 radical (unpaired) electrons. The summed E-state index contributed by atoms with van der Waals surface area (Å²) in [7, 11) is 0. The minimum atomic E-state index is -0.970. The maximum Gasteiger partial charge on any atom is 0.335 e. The van der Waals surface area contributed by atoms with Crippen LogP contribution in [0.2, 0.25) is 0 Å². The largest absolute Gasteiger partial charge is 0.478 e. The molecule has 6 heteroatoms. The van der Waals surface area contributed by atoms with E-state index in [1.807, 2.05) is 4.90 Å². The third-order valence-electron chi connectivity index (χ3n) is 4.96. The fraction of sp³-hybridized carbons (Fsp3) is 0.500. The molecule has 1 atom stereocenters. The number of amides is 2. The minimum Gasteiger partial charge on any atom is -0.478 e. The summed E-state index contributed by atoms with van der Waals surface area (Å²) in [5.74, 6) is -1.27. The van der Waals surface area contributed by atoms with Crippen LogP contribution in [0, 0.1) is 5.92 Å². The van der Waals surface area contributed by atoms with Crippen molar-refractivity contribution in [2.45, 2.75) is 44.7 Å². The van der Waals surface area contributed by atoms with E-state index in [1.165, 1.54) is 12.1 Å². The van der Waals surface area contributed by atoms with Crippen LogP contribution in [-0.2, 0) is 16.1 Å². The summed E-state index contributed by atoms with van der Waals surface area (Å²) in [4.78, 5) is 37.2. The number of hydrogen-bond acceptors (Lipinski definition) is 3. The highest BCUT2D eigenvalue weighted by Gasteiger charge is 2.38. The van der Waals surface area contributed by atoms with Crippen LogP contribution in [-0.4, -0.2) is 40.4 Å². The first kappa shape index (κ1) is 16.5. The highest BCUT2D eigenvalue weighted by Crippen LogP contribution is 2.29. The van der Waals surface area contributed by atoms with E-state index < -0.39 is 5.97 Å². The molecule has 2 amide bonds. The highest BCUT2D eigenvalue weighted by atomic mass is 16.4. The van der Waals surface area contributed by atoms with Crippen molar-refractivity contribution in [1.82, 2.24) is 10.2 Å². The van der Waals surface area contributed by atoms with Gasteiger partial charge in [-0.3, -0.25) is 9.59 Å². The predicted molar refractivity (Wildman–Crippen MR) is 87.3 cm³/mol. The Labute approximate surface area is 140 Å². The molecule has 1 aliphatic heterocycles. The van der Waals surface area contributed by atoms with Crippen molar-refractivity contribution in [3.05, 3.63) is 35.4 Å². The zero-order chi connectivity index (χ0) is 17.1. The number of nitrogens with zero attached hydrogens (tertiary/aromatic N) is 1. The van der Waals surface area contributed by atoms with Crippen LogP contribution in [0.4, 0.5) is 0 Å². The minimum absolute atomic E-state index is 0.0906. The Bertz CT molecular complexity index is 635. The molecule has 2 aliphatic rings. The lowest BCUT2D eigenvalue weighted by molar-refractivity contribution is -0.130. The average molecular weight is 330 g/mol. The Hall–Kier alpha value is -2.37. The molecule has 1 saturated carbocycles. The van der Waals surface area contributed by atoms with Gasteiger partial charge in [-0.25, -0.2) is 4.79 Å². The van der Waals surface area contributed by atoms with E-state index in [-0.39, 0.29) is 23.3 Å². The van der Waals surface area contributed by atoms with E-state index >= 15 is 0 Å². The molecule has 3 rings (SSSR count). The quantitative estimate of drug-likeness (QED) is 0.862. The molecule has 1 aliphatic carbocycles. The average Bonchev–Trinajstić information content (AvgIpc) is 3.22. The van der Waals surface area contributed by atoms with Crippen molar-refractivity contribution >= 4 is 17.8 Å². The monoisotopic (exact) mass is 330 g/mol. The lowest BCUT2D eigenvalue weighted by Crippen LogP contribution is -2.36. The molecule has 24 heavy (non-hydrogen) atoms. The number of aromatic carboxylic acids is 1. The topological polar surface area (TPSA) is 86.7 Å². The molecule has 2 fully saturated rings. The summed E-state index contributed by atoms with van der Waals surface area (Å²) in [6, 6.07) is 6.73. The van der Waals surface area contributed by atoms with Crippen molar-refractivity contribution in [1.29, 1.82) is 0 Å².